The Morgan fingerprint density at radius 1 is 0.902 bits per heavy atom. The SMILES string of the molecule is CC[C@H](C)NC(=O)[C@H](C)N(Cc1cccc(C)c1)C(=O)CN(c1cc(C)ccc1OC)S(=O)(=O)c1ccc(C)cc1. The van der Waals surface area contributed by atoms with E-state index in [0.29, 0.717) is 5.75 Å². The van der Waals surface area contributed by atoms with E-state index >= 15 is 0 Å². The van der Waals surface area contributed by atoms with Crippen LogP contribution in [0, 0.1) is 20.8 Å². The molecule has 0 bridgehead atoms. The zero-order valence-electron chi connectivity index (χ0n) is 25.0. The first-order chi connectivity index (χ1) is 19.4. The number of amides is 2. The third-order valence-electron chi connectivity index (χ3n) is 7.09. The maximum atomic E-state index is 14.1. The Morgan fingerprint density at radius 2 is 1.54 bits per heavy atom. The van der Waals surface area contributed by atoms with Crippen LogP contribution in [0.2, 0.25) is 0 Å². The first-order valence-corrected chi connectivity index (χ1v) is 15.2. The smallest absolute Gasteiger partial charge is 0.264 e. The van der Waals surface area contributed by atoms with Crippen LogP contribution >= 0.6 is 0 Å². The Balaban J connectivity index is 2.10. The number of anilines is 1. The first kappa shape index (κ1) is 31.7. The number of ether oxygens (including phenoxy) is 1. The number of carbonyl (C=O) groups excluding carboxylic acids is 2. The van der Waals surface area contributed by atoms with Gasteiger partial charge in [-0.15, -0.1) is 0 Å². The number of aryl methyl sites for hydroxylation is 3. The van der Waals surface area contributed by atoms with E-state index in [1.54, 1.807) is 31.2 Å². The van der Waals surface area contributed by atoms with Crippen molar-refractivity contribution in [2.45, 2.75) is 71.5 Å². The third-order valence-corrected chi connectivity index (χ3v) is 8.87. The van der Waals surface area contributed by atoms with Gasteiger partial charge in [0, 0.05) is 12.6 Å². The average Bonchev–Trinajstić information content (AvgIpc) is 2.94. The fourth-order valence-electron chi connectivity index (χ4n) is 4.40. The number of methoxy groups -OCH3 is 1. The van der Waals surface area contributed by atoms with Crippen molar-refractivity contribution in [2.24, 2.45) is 0 Å². The van der Waals surface area contributed by atoms with E-state index in [1.165, 1.54) is 24.1 Å². The van der Waals surface area contributed by atoms with Gasteiger partial charge in [-0.05, 0) is 76.4 Å². The molecule has 0 aliphatic carbocycles. The molecular formula is C32H41N3O5S. The number of rotatable bonds is 12. The molecule has 2 atom stereocenters. The molecule has 1 N–H and O–H groups in total. The molecule has 2 amide bonds. The molecule has 0 aliphatic heterocycles. The second-order valence-corrected chi connectivity index (χ2v) is 12.4. The number of nitrogens with one attached hydrogen (secondary N) is 1. The Kier molecular flexibility index (Phi) is 10.6. The molecule has 3 rings (SSSR count). The van der Waals surface area contributed by atoms with Gasteiger partial charge in [-0.2, -0.15) is 0 Å². The molecule has 220 valence electrons. The lowest BCUT2D eigenvalue weighted by Gasteiger charge is -2.33. The normalized spacial score (nSPS) is 12.8. The zero-order chi connectivity index (χ0) is 30.3. The molecule has 3 aromatic carbocycles. The summed E-state index contributed by atoms with van der Waals surface area (Å²) in [5.41, 5.74) is 3.80. The fraction of sp³-hybridized carbons (Fsp3) is 0.375. The lowest BCUT2D eigenvalue weighted by Crippen LogP contribution is -2.52. The van der Waals surface area contributed by atoms with Gasteiger partial charge in [0.05, 0.1) is 17.7 Å². The lowest BCUT2D eigenvalue weighted by molar-refractivity contribution is -0.139. The molecule has 0 saturated heterocycles. The standard InChI is InChI=1S/C32H41N3O5S/c1-8-25(5)33-32(37)26(6)34(20-27-11-9-10-23(3)18-27)31(36)21-35(29-19-24(4)14-17-30(29)40-7)41(38,39)28-15-12-22(2)13-16-28/h9-19,25-26H,8,20-21H2,1-7H3,(H,33,37)/t25-,26-/m0/s1. The van der Waals surface area contributed by atoms with Crippen LogP contribution in [0.1, 0.15) is 49.4 Å². The highest BCUT2D eigenvalue weighted by Crippen LogP contribution is 2.34. The van der Waals surface area contributed by atoms with E-state index in [-0.39, 0.29) is 29.1 Å². The minimum absolute atomic E-state index is 0.0484. The molecule has 0 aromatic heterocycles. The van der Waals surface area contributed by atoms with Crippen LogP contribution in [0.4, 0.5) is 5.69 Å². The second kappa shape index (κ2) is 13.7. The van der Waals surface area contributed by atoms with Crippen molar-refractivity contribution < 1.29 is 22.7 Å². The Bertz CT molecular complexity index is 1470. The predicted molar refractivity (Wildman–Crippen MR) is 163 cm³/mol. The molecule has 41 heavy (non-hydrogen) atoms. The number of benzene rings is 3. The van der Waals surface area contributed by atoms with E-state index in [0.717, 1.165) is 33.0 Å². The largest absolute Gasteiger partial charge is 0.495 e. The van der Waals surface area contributed by atoms with Gasteiger partial charge in [0.2, 0.25) is 11.8 Å². The van der Waals surface area contributed by atoms with Crippen LogP contribution < -0.4 is 14.4 Å². The van der Waals surface area contributed by atoms with Gasteiger partial charge in [0.25, 0.3) is 10.0 Å². The predicted octanol–water partition coefficient (Wildman–Crippen LogP) is 5.15. The summed E-state index contributed by atoms with van der Waals surface area (Å²) in [4.78, 5) is 28.8. The fourth-order valence-corrected chi connectivity index (χ4v) is 5.82. The summed E-state index contributed by atoms with van der Waals surface area (Å²) < 4.78 is 34.8. The minimum atomic E-state index is -4.19. The summed E-state index contributed by atoms with van der Waals surface area (Å²) in [6.07, 6.45) is 0.736. The Labute approximate surface area is 244 Å². The van der Waals surface area contributed by atoms with Gasteiger partial charge in [-0.3, -0.25) is 13.9 Å². The van der Waals surface area contributed by atoms with Crippen LogP contribution in [0.3, 0.4) is 0 Å². The van der Waals surface area contributed by atoms with Crippen molar-refractivity contribution in [1.29, 1.82) is 0 Å². The summed E-state index contributed by atoms with van der Waals surface area (Å²) in [6, 6.07) is 18.4. The maximum absolute atomic E-state index is 14.1. The molecule has 0 heterocycles. The van der Waals surface area contributed by atoms with E-state index in [1.807, 2.05) is 65.0 Å². The van der Waals surface area contributed by atoms with Crippen LogP contribution in [-0.2, 0) is 26.2 Å². The Hall–Kier alpha value is -3.85. The van der Waals surface area contributed by atoms with Crippen LogP contribution in [0.15, 0.2) is 71.6 Å². The highest BCUT2D eigenvalue weighted by atomic mass is 32.2. The summed E-state index contributed by atoms with van der Waals surface area (Å²) in [7, 11) is -2.74. The molecule has 0 unspecified atom stereocenters. The van der Waals surface area contributed by atoms with Crippen molar-refractivity contribution in [3.8, 4) is 5.75 Å². The van der Waals surface area contributed by atoms with Crippen molar-refractivity contribution >= 4 is 27.5 Å². The lowest BCUT2D eigenvalue weighted by atomic mass is 10.1. The summed E-state index contributed by atoms with van der Waals surface area (Å²) >= 11 is 0. The first-order valence-electron chi connectivity index (χ1n) is 13.8. The quantitative estimate of drug-likeness (QED) is 0.320. The number of hydrogen-bond acceptors (Lipinski definition) is 5. The zero-order valence-corrected chi connectivity index (χ0v) is 25.8. The maximum Gasteiger partial charge on any atom is 0.264 e. The molecular weight excluding hydrogens is 538 g/mol. The topological polar surface area (TPSA) is 96.0 Å². The summed E-state index contributed by atoms with van der Waals surface area (Å²) in [6.45, 7) is 10.8. The summed E-state index contributed by atoms with van der Waals surface area (Å²) in [5.74, 6) is -0.508. The molecule has 0 aliphatic rings. The average molecular weight is 580 g/mol. The van der Waals surface area contributed by atoms with Crippen LogP contribution in [-0.4, -0.2) is 50.9 Å². The van der Waals surface area contributed by atoms with Crippen molar-refractivity contribution in [2.75, 3.05) is 18.0 Å². The van der Waals surface area contributed by atoms with Gasteiger partial charge in [-0.1, -0.05) is 60.5 Å². The van der Waals surface area contributed by atoms with Crippen LogP contribution in [0.5, 0.6) is 5.75 Å². The molecule has 0 spiro atoms. The third kappa shape index (κ3) is 7.88. The molecule has 0 saturated carbocycles. The molecule has 0 fully saturated rings. The van der Waals surface area contributed by atoms with Gasteiger partial charge in [-0.25, -0.2) is 8.42 Å². The number of sulfonamides is 1. The van der Waals surface area contributed by atoms with Gasteiger partial charge in [0.15, 0.2) is 0 Å². The van der Waals surface area contributed by atoms with Crippen molar-refractivity contribution in [3.05, 3.63) is 89.0 Å². The monoisotopic (exact) mass is 579 g/mol. The molecule has 3 aromatic rings. The number of hydrogen-bond donors (Lipinski definition) is 1. The number of nitrogens with zero attached hydrogens (tertiary/aromatic N) is 2. The van der Waals surface area contributed by atoms with E-state index in [9.17, 15) is 18.0 Å². The summed E-state index contributed by atoms with van der Waals surface area (Å²) in [5, 5.41) is 2.95. The van der Waals surface area contributed by atoms with Crippen LogP contribution in [0.25, 0.3) is 0 Å². The van der Waals surface area contributed by atoms with E-state index in [2.05, 4.69) is 5.32 Å². The van der Waals surface area contributed by atoms with E-state index in [4.69, 9.17) is 4.74 Å². The van der Waals surface area contributed by atoms with Gasteiger partial charge in [0.1, 0.15) is 18.3 Å². The highest BCUT2D eigenvalue weighted by Gasteiger charge is 2.34. The molecule has 9 heteroatoms. The second-order valence-electron chi connectivity index (χ2n) is 10.5. The number of carbonyl (C=O) groups is 2. The Morgan fingerprint density at radius 3 is 2.15 bits per heavy atom. The minimum Gasteiger partial charge on any atom is -0.495 e. The van der Waals surface area contributed by atoms with Gasteiger partial charge < -0.3 is 15.0 Å². The molecule has 0 radical (unpaired) electrons. The van der Waals surface area contributed by atoms with Gasteiger partial charge >= 0.3 is 0 Å². The highest BCUT2D eigenvalue weighted by molar-refractivity contribution is 7.92. The molecule has 8 nitrogen and oxygen atoms in total. The van der Waals surface area contributed by atoms with Crippen molar-refractivity contribution in [3.63, 3.8) is 0 Å². The van der Waals surface area contributed by atoms with E-state index < -0.39 is 28.5 Å². The van der Waals surface area contributed by atoms with Crippen molar-refractivity contribution in [1.82, 2.24) is 10.2 Å².